The van der Waals surface area contributed by atoms with Crippen LogP contribution in [0.25, 0.3) is 0 Å². The molecule has 5 heteroatoms. The van der Waals surface area contributed by atoms with Crippen molar-refractivity contribution in [2.24, 2.45) is 0 Å². The molecule has 0 unspecified atom stereocenters. The molecule has 16 heavy (non-hydrogen) atoms. The first kappa shape index (κ1) is 11.3. The summed E-state index contributed by atoms with van der Waals surface area (Å²) in [7, 11) is 0. The molecule has 1 aromatic heterocycles. The van der Waals surface area contributed by atoms with E-state index in [-0.39, 0.29) is 11.8 Å². The minimum atomic E-state index is -0.159. The molecule has 0 radical (unpaired) electrons. The molecule has 84 valence electrons. The lowest BCUT2D eigenvalue weighted by Gasteiger charge is -2.17. The van der Waals surface area contributed by atoms with Gasteiger partial charge in [-0.15, -0.1) is 0 Å². The van der Waals surface area contributed by atoms with E-state index in [0.29, 0.717) is 18.7 Å². The van der Waals surface area contributed by atoms with E-state index < -0.39 is 0 Å². The van der Waals surface area contributed by atoms with Gasteiger partial charge in [0.25, 0.3) is 0 Å². The first-order valence-corrected chi connectivity index (χ1v) is 5.95. The molecule has 0 aliphatic carbocycles. The summed E-state index contributed by atoms with van der Waals surface area (Å²) in [4.78, 5) is 28.8. The van der Waals surface area contributed by atoms with E-state index in [1.54, 1.807) is 18.3 Å². The SMILES string of the molecule is O=C1CCCCC(=O)N1c1cc(Br)ccn1. The van der Waals surface area contributed by atoms with E-state index in [9.17, 15) is 9.59 Å². The molecule has 2 rings (SSSR count). The molecule has 1 aliphatic rings. The van der Waals surface area contributed by atoms with Crippen molar-refractivity contribution in [3.05, 3.63) is 22.8 Å². The summed E-state index contributed by atoms with van der Waals surface area (Å²) in [5.74, 6) is 0.0903. The van der Waals surface area contributed by atoms with Gasteiger partial charge < -0.3 is 0 Å². The molecule has 0 bridgehead atoms. The third kappa shape index (κ3) is 2.29. The highest BCUT2D eigenvalue weighted by Gasteiger charge is 2.26. The average molecular weight is 283 g/mol. The molecule has 2 heterocycles. The zero-order chi connectivity index (χ0) is 11.5. The van der Waals surface area contributed by atoms with E-state index >= 15 is 0 Å². The summed E-state index contributed by atoms with van der Waals surface area (Å²) in [6.07, 6.45) is 3.95. The fourth-order valence-corrected chi connectivity index (χ4v) is 2.01. The standard InChI is InChI=1S/C11H11BrN2O2/c12-8-5-6-13-9(7-8)14-10(15)3-1-2-4-11(14)16/h5-7H,1-4H2. The number of imide groups is 1. The largest absolute Gasteiger partial charge is 0.274 e. The fraction of sp³-hybridized carbons (Fsp3) is 0.364. The normalized spacial score (nSPS) is 17.4. The van der Waals surface area contributed by atoms with Crippen LogP contribution in [-0.2, 0) is 9.59 Å². The Labute approximate surface area is 102 Å². The predicted octanol–water partition coefficient (Wildman–Crippen LogP) is 2.28. The van der Waals surface area contributed by atoms with Crippen molar-refractivity contribution in [3.8, 4) is 0 Å². The maximum absolute atomic E-state index is 11.8. The van der Waals surface area contributed by atoms with Gasteiger partial charge in [0.15, 0.2) is 0 Å². The molecule has 2 amide bonds. The fourth-order valence-electron chi connectivity index (χ4n) is 1.69. The number of hydrogen-bond donors (Lipinski definition) is 0. The molecule has 1 aliphatic heterocycles. The van der Waals surface area contributed by atoms with Gasteiger partial charge in [0.05, 0.1) is 0 Å². The molecular formula is C11H11BrN2O2. The number of halogens is 1. The van der Waals surface area contributed by atoms with Crippen molar-refractivity contribution in [2.75, 3.05) is 4.90 Å². The quantitative estimate of drug-likeness (QED) is 0.743. The van der Waals surface area contributed by atoms with Gasteiger partial charge in [0.2, 0.25) is 11.8 Å². The van der Waals surface area contributed by atoms with Gasteiger partial charge in [-0.05, 0) is 25.0 Å². The Hall–Kier alpha value is -1.23. The summed E-state index contributed by atoms with van der Waals surface area (Å²) < 4.78 is 0.808. The number of amides is 2. The average Bonchev–Trinajstić information content (AvgIpc) is 2.40. The first-order valence-electron chi connectivity index (χ1n) is 5.16. The molecular weight excluding hydrogens is 272 g/mol. The summed E-state index contributed by atoms with van der Waals surface area (Å²) in [6, 6.07) is 3.44. The first-order chi connectivity index (χ1) is 7.68. The monoisotopic (exact) mass is 282 g/mol. The highest BCUT2D eigenvalue weighted by atomic mass is 79.9. The molecule has 0 aromatic carbocycles. The summed E-state index contributed by atoms with van der Waals surface area (Å²) in [5, 5.41) is 0. The van der Waals surface area contributed by atoms with Crippen molar-refractivity contribution in [1.29, 1.82) is 0 Å². The van der Waals surface area contributed by atoms with E-state index in [1.165, 1.54) is 4.90 Å². The molecule has 1 aromatic rings. The van der Waals surface area contributed by atoms with Gasteiger partial charge >= 0.3 is 0 Å². The van der Waals surface area contributed by atoms with Crippen LogP contribution in [0.4, 0.5) is 5.82 Å². The third-order valence-electron chi connectivity index (χ3n) is 2.47. The highest BCUT2D eigenvalue weighted by Crippen LogP contribution is 2.22. The maximum Gasteiger partial charge on any atom is 0.234 e. The van der Waals surface area contributed by atoms with Gasteiger partial charge in [-0.1, -0.05) is 15.9 Å². The number of anilines is 1. The summed E-state index contributed by atoms with van der Waals surface area (Å²) >= 11 is 3.30. The van der Waals surface area contributed by atoms with Crippen LogP contribution in [0, 0.1) is 0 Å². The molecule has 4 nitrogen and oxygen atoms in total. The van der Waals surface area contributed by atoms with Crippen LogP contribution in [0.15, 0.2) is 22.8 Å². The number of pyridine rings is 1. The smallest absolute Gasteiger partial charge is 0.234 e. The Morgan fingerprint density at radius 2 is 1.81 bits per heavy atom. The van der Waals surface area contributed by atoms with Gasteiger partial charge in [0, 0.05) is 23.5 Å². The maximum atomic E-state index is 11.8. The lowest BCUT2D eigenvalue weighted by Crippen LogP contribution is -2.35. The van der Waals surface area contributed by atoms with Crippen LogP contribution >= 0.6 is 15.9 Å². The Morgan fingerprint density at radius 3 is 2.38 bits per heavy atom. The number of aromatic nitrogens is 1. The molecule has 1 saturated heterocycles. The minimum Gasteiger partial charge on any atom is -0.274 e. The lowest BCUT2D eigenvalue weighted by atomic mass is 10.2. The van der Waals surface area contributed by atoms with Gasteiger partial charge in [-0.25, -0.2) is 9.88 Å². The number of nitrogens with zero attached hydrogens (tertiary/aromatic N) is 2. The number of hydrogen-bond acceptors (Lipinski definition) is 3. The molecule has 0 saturated carbocycles. The third-order valence-corrected chi connectivity index (χ3v) is 2.96. The van der Waals surface area contributed by atoms with E-state index in [2.05, 4.69) is 20.9 Å². The zero-order valence-corrected chi connectivity index (χ0v) is 10.2. The Kier molecular flexibility index (Phi) is 3.33. The Balaban J connectivity index is 2.36. The topological polar surface area (TPSA) is 50.3 Å². The zero-order valence-electron chi connectivity index (χ0n) is 8.65. The van der Waals surface area contributed by atoms with Gasteiger partial charge in [0.1, 0.15) is 5.82 Å². The van der Waals surface area contributed by atoms with Crippen LogP contribution in [0.1, 0.15) is 25.7 Å². The van der Waals surface area contributed by atoms with Crippen LogP contribution in [0.2, 0.25) is 0 Å². The van der Waals surface area contributed by atoms with Crippen LogP contribution in [0.5, 0.6) is 0 Å². The minimum absolute atomic E-state index is 0.159. The molecule has 1 fully saturated rings. The van der Waals surface area contributed by atoms with E-state index in [4.69, 9.17) is 0 Å². The van der Waals surface area contributed by atoms with Gasteiger partial charge in [-0.2, -0.15) is 0 Å². The Morgan fingerprint density at radius 1 is 1.19 bits per heavy atom. The van der Waals surface area contributed by atoms with Crippen molar-refractivity contribution in [2.45, 2.75) is 25.7 Å². The second-order valence-electron chi connectivity index (χ2n) is 3.66. The van der Waals surface area contributed by atoms with Crippen molar-refractivity contribution >= 4 is 33.6 Å². The highest BCUT2D eigenvalue weighted by molar-refractivity contribution is 9.10. The second-order valence-corrected chi connectivity index (χ2v) is 4.58. The second kappa shape index (κ2) is 4.74. The van der Waals surface area contributed by atoms with Gasteiger partial charge in [-0.3, -0.25) is 9.59 Å². The van der Waals surface area contributed by atoms with Crippen LogP contribution in [0.3, 0.4) is 0 Å². The van der Waals surface area contributed by atoms with Crippen molar-refractivity contribution < 1.29 is 9.59 Å². The van der Waals surface area contributed by atoms with E-state index in [1.807, 2.05) is 0 Å². The lowest BCUT2D eigenvalue weighted by molar-refractivity contribution is -0.125. The molecule has 0 atom stereocenters. The Bertz CT molecular complexity index is 416. The van der Waals surface area contributed by atoms with Crippen molar-refractivity contribution in [1.82, 2.24) is 4.98 Å². The predicted molar refractivity (Wildman–Crippen MR) is 62.9 cm³/mol. The number of rotatable bonds is 1. The van der Waals surface area contributed by atoms with Crippen LogP contribution in [-0.4, -0.2) is 16.8 Å². The summed E-state index contributed by atoms with van der Waals surface area (Å²) in [6.45, 7) is 0. The number of carbonyl (C=O) groups excluding carboxylic acids is 2. The number of carbonyl (C=O) groups is 2. The molecule has 0 spiro atoms. The molecule has 0 N–H and O–H groups in total. The van der Waals surface area contributed by atoms with Crippen molar-refractivity contribution in [3.63, 3.8) is 0 Å². The summed E-state index contributed by atoms with van der Waals surface area (Å²) in [5.41, 5.74) is 0. The van der Waals surface area contributed by atoms with Crippen LogP contribution < -0.4 is 4.90 Å². The van der Waals surface area contributed by atoms with E-state index in [0.717, 1.165) is 17.3 Å².